The van der Waals surface area contributed by atoms with E-state index in [1.165, 1.54) is 30.6 Å². The Morgan fingerprint density at radius 3 is 2.62 bits per heavy atom. The molecule has 26 heavy (non-hydrogen) atoms. The number of thiazole rings is 1. The van der Waals surface area contributed by atoms with Crippen molar-refractivity contribution in [3.05, 3.63) is 45.4 Å². The highest BCUT2D eigenvalue weighted by Crippen LogP contribution is 2.20. The van der Waals surface area contributed by atoms with E-state index in [1.54, 1.807) is 12.1 Å². The number of rotatable bonds is 5. The minimum atomic E-state index is -0.0993. The van der Waals surface area contributed by atoms with Gasteiger partial charge >= 0.3 is 0 Å². The molecule has 3 rings (SSSR count). The minimum absolute atomic E-state index is 0.0316. The number of amides is 2. The molecule has 138 valence electrons. The molecule has 2 N–H and O–H groups in total. The second-order valence-corrected chi connectivity index (χ2v) is 7.98. The summed E-state index contributed by atoms with van der Waals surface area (Å²) in [7, 11) is 0. The van der Waals surface area contributed by atoms with Crippen LogP contribution in [0.4, 0.5) is 5.69 Å². The summed E-state index contributed by atoms with van der Waals surface area (Å²) in [5.74, 6) is -0.131. The molecule has 0 atom stereocenters. The van der Waals surface area contributed by atoms with E-state index in [-0.39, 0.29) is 24.3 Å². The highest BCUT2D eigenvalue weighted by atomic mass is 32.1. The fourth-order valence-corrected chi connectivity index (χ4v) is 3.92. The monoisotopic (exact) mass is 371 g/mol. The minimum Gasteiger partial charge on any atom is -0.349 e. The molecule has 0 spiro atoms. The third-order valence-electron chi connectivity index (χ3n) is 4.71. The number of hydrogen-bond donors (Lipinski definition) is 2. The average Bonchev–Trinajstić information content (AvgIpc) is 3.02. The van der Waals surface area contributed by atoms with Gasteiger partial charge in [-0.25, -0.2) is 4.98 Å². The van der Waals surface area contributed by atoms with Crippen LogP contribution < -0.4 is 10.6 Å². The first-order chi connectivity index (χ1) is 12.5. The number of carbonyl (C=O) groups excluding carboxylic acids is 2. The maximum absolute atomic E-state index is 12.4. The summed E-state index contributed by atoms with van der Waals surface area (Å²) in [5, 5.41) is 8.89. The lowest BCUT2D eigenvalue weighted by Gasteiger charge is -2.23. The summed E-state index contributed by atoms with van der Waals surface area (Å²) in [6, 6.07) is 5.70. The van der Waals surface area contributed by atoms with Crippen LogP contribution >= 0.6 is 11.3 Å². The maximum atomic E-state index is 12.4. The lowest BCUT2D eigenvalue weighted by Crippen LogP contribution is -2.36. The molecule has 1 heterocycles. The van der Waals surface area contributed by atoms with Crippen molar-refractivity contribution < 1.29 is 9.59 Å². The zero-order valence-electron chi connectivity index (χ0n) is 15.3. The van der Waals surface area contributed by atoms with Crippen molar-refractivity contribution in [3.8, 4) is 0 Å². The molecule has 0 unspecified atom stereocenters. The molecule has 2 aromatic rings. The van der Waals surface area contributed by atoms with Gasteiger partial charge in [-0.3, -0.25) is 9.59 Å². The van der Waals surface area contributed by atoms with Gasteiger partial charge in [0, 0.05) is 22.7 Å². The number of aromatic nitrogens is 1. The average molecular weight is 372 g/mol. The number of nitrogens with one attached hydrogen (secondary N) is 2. The third-order valence-corrected chi connectivity index (χ3v) is 5.53. The van der Waals surface area contributed by atoms with Gasteiger partial charge in [-0.05, 0) is 50.5 Å². The second kappa shape index (κ2) is 8.45. The molecule has 0 aliphatic heterocycles. The summed E-state index contributed by atoms with van der Waals surface area (Å²) in [6.45, 7) is 3.83. The molecular formula is C20H25N3O2S. The van der Waals surface area contributed by atoms with E-state index in [9.17, 15) is 9.59 Å². The maximum Gasteiger partial charge on any atom is 0.251 e. The van der Waals surface area contributed by atoms with Crippen LogP contribution in [0.3, 0.4) is 0 Å². The zero-order chi connectivity index (χ0) is 18.5. The van der Waals surface area contributed by atoms with E-state index < -0.39 is 0 Å². The fraction of sp³-hybridized carbons (Fsp3) is 0.450. The van der Waals surface area contributed by atoms with Crippen molar-refractivity contribution in [1.29, 1.82) is 0 Å². The Morgan fingerprint density at radius 1 is 1.19 bits per heavy atom. The van der Waals surface area contributed by atoms with E-state index in [4.69, 9.17) is 0 Å². The summed E-state index contributed by atoms with van der Waals surface area (Å²) in [6.07, 6.45) is 6.03. The highest BCUT2D eigenvalue weighted by molar-refractivity contribution is 7.09. The number of nitrogens with zero attached hydrogens (tertiary/aromatic N) is 1. The van der Waals surface area contributed by atoms with Gasteiger partial charge in [-0.1, -0.05) is 19.3 Å². The Labute approximate surface area is 158 Å². The van der Waals surface area contributed by atoms with Gasteiger partial charge in [-0.2, -0.15) is 0 Å². The van der Waals surface area contributed by atoms with E-state index in [0.717, 1.165) is 34.8 Å². The van der Waals surface area contributed by atoms with E-state index in [2.05, 4.69) is 15.6 Å². The van der Waals surface area contributed by atoms with Crippen LogP contribution in [0.1, 0.15) is 58.7 Å². The van der Waals surface area contributed by atoms with Gasteiger partial charge in [-0.15, -0.1) is 11.3 Å². The van der Waals surface area contributed by atoms with Gasteiger partial charge in [0.1, 0.15) is 0 Å². The molecule has 1 aromatic heterocycles. The Hall–Kier alpha value is -2.21. The molecular weight excluding hydrogens is 346 g/mol. The van der Waals surface area contributed by atoms with Crippen molar-refractivity contribution >= 4 is 28.8 Å². The molecule has 1 aliphatic rings. The first kappa shape index (κ1) is 18.6. The van der Waals surface area contributed by atoms with Crippen LogP contribution in [0.25, 0.3) is 0 Å². The van der Waals surface area contributed by atoms with Crippen molar-refractivity contribution in [2.75, 3.05) is 5.32 Å². The van der Waals surface area contributed by atoms with Crippen LogP contribution in [0.5, 0.6) is 0 Å². The van der Waals surface area contributed by atoms with E-state index >= 15 is 0 Å². The molecule has 1 saturated carbocycles. The molecule has 1 aliphatic carbocycles. The van der Waals surface area contributed by atoms with Gasteiger partial charge in [0.25, 0.3) is 5.91 Å². The normalized spacial score (nSPS) is 14.8. The first-order valence-electron chi connectivity index (χ1n) is 9.13. The summed E-state index contributed by atoms with van der Waals surface area (Å²) >= 11 is 1.54. The lowest BCUT2D eigenvalue weighted by atomic mass is 9.95. The van der Waals surface area contributed by atoms with Gasteiger partial charge < -0.3 is 10.6 Å². The Morgan fingerprint density at radius 2 is 1.96 bits per heavy atom. The van der Waals surface area contributed by atoms with Crippen molar-refractivity contribution in [1.82, 2.24) is 10.3 Å². The third kappa shape index (κ3) is 4.91. The standard InChI is InChI=1S/C20H25N3O2S/c1-13-10-15(20(25)22-16-6-4-3-5-7-16)8-9-18(13)23-19(24)11-17-12-26-14(2)21-17/h8-10,12,16H,3-7,11H2,1-2H3,(H,22,25)(H,23,24). The van der Waals surface area contributed by atoms with Crippen molar-refractivity contribution in [2.24, 2.45) is 0 Å². The number of anilines is 1. The number of aryl methyl sites for hydroxylation is 2. The Kier molecular flexibility index (Phi) is 6.04. The van der Waals surface area contributed by atoms with Crippen LogP contribution in [-0.2, 0) is 11.2 Å². The van der Waals surface area contributed by atoms with E-state index in [1.807, 2.05) is 25.3 Å². The topological polar surface area (TPSA) is 71.1 Å². The molecule has 0 saturated heterocycles. The molecule has 6 heteroatoms. The molecule has 0 bridgehead atoms. The molecule has 5 nitrogen and oxygen atoms in total. The molecule has 1 aromatic carbocycles. The smallest absolute Gasteiger partial charge is 0.251 e. The zero-order valence-corrected chi connectivity index (χ0v) is 16.1. The van der Waals surface area contributed by atoms with Crippen LogP contribution in [-0.4, -0.2) is 22.8 Å². The Balaban J connectivity index is 1.59. The van der Waals surface area contributed by atoms with E-state index in [0.29, 0.717) is 5.56 Å². The van der Waals surface area contributed by atoms with Crippen molar-refractivity contribution in [2.45, 2.75) is 58.4 Å². The highest BCUT2D eigenvalue weighted by Gasteiger charge is 2.17. The second-order valence-electron chi connectivity index (χ2n) is 6.92. The molecule has 0 radical (unpaired) electrons. The summed E-state index contributed by atoms with van der Waals surface area (Å²) in [4.78, 5) is 28.9. The quantitative estimate of drug-likeness (QED) is 0.834. The predicted octanol–water partition coefficient (Wildman–Crippen LogP) is 4.00. The number of carbonyl (C=O) groups is 2. The molecule has 1 fully saturated rings. The number of hydrogen-bond acceptors (Lipinski definition) is 4. The van der Waals surface area contributed by atoms with Gasteiger partial charge in [0.2, 0.25) is 5.91 Å². The SMILES string of the molecule is Cc1nc(CC(=O)Nc2ccc(C(=O)NC3CCCCC3)cc2C)cs1. The fourth-order valence-electron chi connectivity index (χ4n) is 3.31. The summed E-state index contributed by atoms with van der Waals surface area (Å²) < 4.78 is 0. The van der Waals surface area contributed by atoms with Crippen LogP contribution in [0, 0.1) is 13.8 Å². The predicted molar refractivity (Wildman–Crippen MR) is 105 cm³/mol. The first-order valence-corrected chi connectivity index (χ1v) is 10.0. The van der Waals surface area contributed by atoms with Crippen LogP contribution in [0.2, 0.25) is 0 Å². The van der Waals surface area contributed by atoms with Crippen LogP contribution in [0.15, 0.2) is 23.6 Å². The lowest BCUT2D eigenvalue weighted by molar-refractivity contribution is -0.115. The largest absolute Gasteiger partial charge is 0.349 e. The van der Waals surface area contributed by atoms with Gasteiger partial charge in [0.05, 0.1) is 17.1 Å². The van der Waals surface area contributed by atoms with Crippen molar-refractivity contribution in [3.63, 3.8) is 0 Å². The van der Waals surface area contributed by atoms with Gasteiger partial charge in [0.15, 0.2) is 0 Å². The Bertz CT molecular complexity index is 794. The molecule has 2 amide bonds. The number of benzene rings is 1. The summed E-state index contributed by atoms with van der Waals surface area (Å²) in [5.41, 5.74) is 3.03.